The Morgan fingerprint density at radius 3 is 1.42 bits per heavy atom. The number of unbranched alkanes of at least 4 members (excludes halogenated alkanes) is 2. The zero-order valence-electron chi connectivity index (χ0n) is 20.9. The molecule has 0 fully saturated rings. The van der Waals surface area contributed by atoms with Crippen LogP contribution in [-0.4, -0.2) is 11.9 Å². The van der Waals surface area contributed by atoms with Gasteiger partial charge in [-0.05, 0) is 52.9 Å². The Balaban J connectivity index is 1.37. The number of benzene rings is 4. The van der Waals surface area contributed by atoms with E-state index in [-0.39, 0.29) is 12.7 Å². The van der Waals surface area contributed by atoms with Gasteiger partial charge in [-0.25, -0.2) is 9.59 Å². The lowest BCUT2D eigenvalue weighted by Gasteiger charge is -2.14. The van der Waals surface area contributed by atoms with E-state index in [1.54, 1.807) is 36.4 Å². The summed E-state index contributed by atoms with van der Waals surface area (Å²) in [6, 6.07) is 33.4. The lowest BCUT2D eigenvalue weighted by Crippen LogP contribution is -2.16. The van der Waals surface area contributed by atoms with Gasteiger partial charge in [-0.3, -0.25) is 9.78 Å². The van der Waals surface area contributed by atoms with Crippen molar-refractivity contribution < 1.29 is 29.1 Å². The Labute approximate surface area is 222 Å². The zero-order valence-corrected chi connectivity index (χ0v) is 20.9. The summed E-state index contributed by atoms with van der Waals surface area (Å²) < 4.78 is 0. The summed E-state index contributed by atoms with van der Waals surface area (Å²) in [5.41, 5.74) is 4.27. The van der Waals surface area contributed by atoms with Crippen molar-refractivity contribution in [3.05, 3.63) is 134 Å². The first-order valence-electron chi connectivity index (χ1n) is 12.4. The van der Waals surface area contributed by atoms with E-state index in [1.165, 1.54) is 0 Å². The lowest BCUT2D eigenvalue weighted by atomic mass is 10.0. The fraction of sp³-hybridized carbons (Fsp3) is 0.125. The molecule has 0 unspecified atom stereocenters. The molecule has 192 valence electrons. The highest BCUT2D eigenvalue weighted by Gasteiger charge is 2.22. The van der Waals surface area contributed by atoms with Crippen LogP contribution in [0.3, 0.4) is 0 Å². The first kappa shape index (κ1) is 26.8. The van der Waals surface area contributed by atoms with Crippen molar-refractivity contribution in [2.45, 2.75) is 25.7 Å². The van der Waals surface area contributed by atoms with E-state index >= 15 is 0 Å². The summed E-state index contributed by atoms with van der Waals surface area (Å²) in [5, 5.41) is 0. The smallest absolute Gasteiger partial charge is 0.289 e. The van der Waals surface area contributed by atoms with Crippen molar-refractivity contribution in [3.63, 3.8) is 0 Å². The third-order valence-electron chi connectivity index (χ3n) is 5.71. The summed E-state index contributed by atoms with van der Waals surface area (Å²) in [7, 11) is 0. The van der Waals surface area contributed by atoms with E-state index < -0.39 is 11.9 Å². The molecule has 0 bridgehead atoms. The van der Waals surface area contributed by atoms with Crippen LogP contribution in [0.1, 0.15) is 46.4 Å². The summed E-state index contributed by atoms with van der Waals surface area (Å²) in [6.07, 6.45) is 2.26. The molecule has 6 nitrogen and oxygen atoms in total. The van der Waals surface area contributed by atoms with Crippen molar-refractivity contribution >= 4 is 11.9 Å². The van der Waals surface area contributed by atoms with Crippen molar-refractivity contribution in [1.29, 1.82) is 0 Å². The van der Waals surface area contributed by atoms with Gasteiger partial charge in [0.2, 0.25) is 0 Å². The van der Waals surface area contributed by atoms with E-state index in [0.717, 1.165) is 28.7 Å². The van der Waals surface area contributed by atoms with Crippen LogP contribution in [0.15, 0.2) is 109 Å². The van der Waals surface area contributed by atoms with Crippen molar-refractivity contribution in [2.24, 2.45) is 0 Å². The number of carbonyl (C=O) groups excluding carboxylic acids is 2. The highest BCUT2D eigenvalue weighted by atomic mass is 17.3. The fourth-order valence-electron chi connectivity index (χ4n) is 3.72. The fourth-order valence-corrected chi connectivity index (χ4v) is 3.72. The molecular formula is C32H28O6. The van der Waals surface area contributed by atoms with Gasteiger partial charge in [0.15, 0.2) is 0 Å². The summed E-state index contributed by atoms with van der Waals surface area (Å²) in [4.78, 5) is 45.7. The average molecular weight is 509 g/mol. The van der Waals surface area contributed by atoms with Gasteiger partial charge in [0, 0.05) is 6.42 Å². The number of hydrogen-bond acceptors (Lipinski definition) is 6. The van der Waals surface area contributed by atoms with Crippen LogP contribution < -0.4 is 0 Å². The number of rotatable bonds is 12. The molecule has 6 heteroatoms. The lowest BCUT2D eigenvalue weighted by molar-refractivity contribution is -0.363. The summed E-state index contributed by atoms with van der Waals surface area (Å²) in [6.45, 7) is 3.82. The first-order chi connectivity index (χ1) is 18.6. The maximum atomic E-state index is 12.7. The Kier molecular flexibility index (Phi) is 9.79. The monoisotopic (exact) mass is 508 g/mol. The Morgan fingerprint density at radius 1 is 0.526 bits per heavy atom. The molecule has 38 heavy (non-hydrogen) atoms. The van der Waals surface area contributed by atoms with Gasteiger partial charge in [0.05, 0.1) is 11.1 Å². The van der Waals surface area contributed by atoms with Gasteiger partial charge >= 0.3 is 18.2 Å². The van der Waals surface area contributed by atoms with Crippen LogP contribution >= 0.6 is 0 Å². The maximum Gasteiger partial charge on any atom is 0.373 e. The predicted octanol–water partition coefficient (Wildman–Crippen LogP) is 7.78. The summed E-state index contributed by atoms with van der Waals surface area (Å²) >= 11 is 0. The Hall–Kier alpha value is -4.26. The molecule has 0 aliphatic carbocycles. The van der Waals surface area contributed by atoms with Crippen molar-refractivity contribution in [1.82, 2.24) is 0 Å². The van der Waals surface area contributed by atoms with Crippen molar-refractivity contribution in [2.75, 3.05) is 0 Å². The highest BCUT2D eigenvalue weighted by molar-refractivity contribution is 5.91. The second kappa shape index (κ2) is 13.9. The SMILES string of the molecule is [CH2]CCCC[C](OOC(=O)c1cccc(-c2ccccc2)c1)OOC(=O)c1cccc(-c2ccccc2)c1. The van der Waals surface area contributed by atoms with Crippen LogP contribution in [0.25, 0.3) is 22.3 Å². The molecule has 0 aliphatic rings. The van der Waals surface area contributed by atoms with Gasteiger partial charge < -0.3 is 0 Å². The molecule has 0 spiro atoms. The van der Waals surface area contributed by atoms with E-state index in [4.69, 9.17) is 19.6 Å². The quantitative estimate of drug-likeness (QED) is 0.111. The average Bonchev–Trinajstić information content (AvgIpc) is 2.99. The molecule has 0 saturated heterocycles. The highest BCUT2D eigenvalue weighted by Crippen LogP contribution is 2.23. The molecule has 0 heterocycles. The number of carbonyl (C=O) groups is 2. The van der Waals surface area contributed by atoms with Crippen LogP contribution in [0.4, 0.5) is 0 Å². The molecule has 0 saturated carbocycles. The molecule has 0 aromatic heterocycles. The van der Waals surface area contributed by atoms with Gasteiger partial charge in [0.25, 0.3) is 0 Å². The molecule has 0 amide bonds. The third kappa shape index (κ3) is 7.62. The molecule has 4 aromatic carbocycles. The molecule has 4 rings (SSSR count). The zero-order chi connectivity index (χ0) is 26.6. The minimum atomic E-state index is -0.706. The van der Waals surface area contributed by atoms with E-state index in [0.29, 0.717) is 24.0 Å². The Bertz CT molecular complexity index is 1220. The van der Waals surface area contributed by atoms with Crippen LogP contribution in [0.2, 0.25) is 0 Å². The van der Waals surface area contributed by atoms with E-state index in [1.807, 2.05) is 72.8 Å². The molecule has 0 aliphatic heterocycles. The molecule has 0 N–H and O–H groups in total. The summed E-state index contributed by atoms with van der Waals surface area (Å²) in [5.74, 6) is -1.41. The normalized spacial score (nSPS) is 10.8. The van der Waals surface area contributed by atoms with E-state index in [9.17, 15) is 9.59 Å². The molecule has 4 aromatic rings. The molecule has 2 radical (unpaired) electrons. The van der Waals surface area contributed by atoms with E-state index in [2.05, 4.69) is 6.92 Å². The van der Waals surface area contributed by atoms with Gasteiger partial charge in [-0.2, -0.15) is 0 Å². The largest absolute Gasteiger partial charge is 0.373 e. The van der Waals surface area contributed by atoms with Gasteiger partial charge in [0.1, 0.15) is 0 Å². The van der Waals surface area contributed by atoms with Gasteiger partial charge in [-0.15, -0.1) is 9.78 Å². The molecular weight excluding hydrogens is 480 g/mol. The van der Waals surface area contributed by atoms with Crippen LogP contribution in [0, 0.1) is 13.2 Å². The first-order valence-corrected chi connectivity index (χ1v) is 12.4. The minimum Gasteiger partial charge on any atom is -0.289 e. The minimum absolute atomic E-state index is 0.140. The number of hydrogen-bond donors (Lipinski definition) is 0. The Morgan fingerprint density at radius 2 is 0.974 bits per heavy atom. The van der Waals surface area contributed by atoms with Crippen LogP contribution in [0.5, 0.6) is 0 Å². The second-order valence-corrected chi connectivity index (χ2v) is 8.48. The molecule has 0 atom stereocenters. The predicted molar refractivity (Wildman–Crippen MR) is 144 cm³/mol. The maximum absolute atomic E-state index is 12.7. The van der Waals surface area contributed by atoms with Crippen LogP contribution in [-0.2, 0) is 19.6 Å². The van der Waals surface area contributed by atoms with Gasteiger partial charge in [-0.1, -0.05) is 105 Å². The third-order valence-corrected chi connectivity index (χ3v) is 5.71. The second-order valence-electron chi connectivity index (χ2n) is 8.48. The van der Waals surface area contributed by atoms with Crippen molar-refractivity contribution in [3.8, 4) is 22.3 Å². The standard InChI is InChI=1S/C32H28O6/c1-2-3-6-21-30(35-37-31(33)28-19-11-17-26(22-28)24-13-7-4-8-14-24)36-38-32(34)29-20-12-18-27(23-29)25-15-9-5-10-16-25/h4-5,7-20,22-23H,1-3,6,21H2. The topological polar surface area (TPSA) is 71.1 Å².